The van der Waals surface area contributed by atoms with Gasteiger partial charge in [-0.2, -0.15) is 0 Å². The molecule has 7 nitrogen and oxygen atoms in total. The van der Waals surface area contributed by atoms with Crippen molar-refractivity contribution in [1.82, 2.24) is 0 Å². The Balaban J connectivity index is 4.95. The summed E-state index contributed by atoms with van der Waals surface area (Å²) >= 11 is 0. The van der Waals surface area contributed by atoms with Crippen LogP contribution in [-0.2, 0) is 13.3 Å². The maximum atomic E-state index is 6.24. The molecule has 1 atom stereocenters. The molecule has 0 radical (unpaired) electrons. The third-order valence-corrected chi connectivity index (χ3v) is 6.06. The van der Waals surface area contributed by atoms with Crippen LogP contribution in [-0.4, -0.2) is 47.4 Å². The van der Waals surface area contributed by atoms with Crippen molar-refractivity contribution in [3.63, 3.8) is 0 Å². The minimum atomic E-state index is -2.85. The Morgan fingerprint density at radius 3 is 1.90 bits per heavy atom. The molecular weight excluding hydrogens is 276 g/mol. The first-order chi connectivity index (χ1) is 9.51. The summed E-state index contributed by atoms with van der Waals surface area (Å²) in [7, 11) is -2.85. The third-order valence-electron chi connectivity index (χ3n) is 2.92. The molecule has 0 aromatic rings. The molecule has 0 saturated heterocycles. The Morgan fingerprint density at radius 2 is 1.50 bits per heavy atom. The molecule has 1 unspecified atom stereocenters. The Labute approximate surface area is 123 Å². The van der Waals surface area contributed by atoms with Gasteiger partial charge in [0.2, 0.25) is 0 Å². The smallest absolute Gasteiger partial charge is 0.374 e. The second-order valence-electron chi connectivity index (χ2n) is 4.70. The molecule has 0 aliphatic carbocycles. The highest BCUT2D eigenvalue weighted by molar-refractivity contribution is 6.60. The molecule has 0 spiro atoms. The molecule has 122 valence electrons. The lowest BCUT2D eigenvalue weighted by Gasteiger charge is -2.38. The second kappa shape index (κ2) is 10.6. The summed E-state index contributed by atoms with van der Waals surface area (Å²) in [5, 5.41) is 0. The zero-order valence-corrected chi connectivity index (χ0v) is 13.9. The van der Waals surface area contributed by atoms with Crippen molar-refractivity contribution >= 4 is 8.80 Å². The first-order valence-electron chi connectivity index (χ1n) is 7.38. The molecule has 0 aromatic carbocycles. The lowest BCUT2D eigenvalue weighted by atomic mass is 10.1. The topological polar surface area (TPSA) is 132 Å². The Bertz CT molecular complexity index is 243. The van der Waals surface area contributed by atoms with Crippen LogP contribution in [0.5, 0.6) is 0 Å². The van der Waals surface area contributed by atoms with E-state index in [-0.39, 0.29) is 6.54 Å². The number of nitrogens with two attached hydrogens (primary N) is 4. The minimum Gasteiger partial charge on any atom is -0.374 e. The van der Waals surface area contributed by atoms with Gasteiger partial charge in [0.25, 0.3) is 0 Å². The summed E-state index contributed by atoms with van der Waals surface area (Å²) in [5.41, 5.74) is 22.2. The van der Waals surface area contributed by atoms with Crippen LogP contribution >= 0.6 is 0 Å². The highest BCUT2D eigenvalue weighted by Crippen LogP contribution is 2.24. The van der Waals surface area contributed by atoms with E-state index in [9.17, 15) is 0 Å². The van der Waals surface area contributed by atoms with Crippen molar-refractivity contribution in [3.05, 3.63) is 0 Å². The standard InChI is InChI=1S/C12H32N4O3Si/c1-3-17-20(18-4-2,10-6-9-14)19-12(16,11-15)7-5-8-13/h3-11,13-16H2,1-2H3. The van der Waals surface area contributed by atoms with E-state index in [0.717, 1.165) is 12.8 Å². The Kier molecular flexibility index (Phi) is 10.6. The van der Waals surface area contributed by atoms with Gasteiger partial charge in [0.1, 0.15) is 5.72 Å². The molecule has 20 heavy (non-hydrogen) atoms. The predicted molar refractivity (Wildman–Crippen MR) is 82.8 cm³/mol. The van der Waals surface area contributed by atoms with Crippen molar-refractivity contribution in [2.75, 3.05) is 32.8 Å². The number of rotatable bonds is 13. The van der Waals surface area contributed by atoms with Crippen LogP contribution in [0.2, 0.25) is 6.04 Å². The van der Waals surface area contributed by atoms with Crippen LogP contribution in [0.4, 0.5) is 0 Å². The molecule has 0 heterocycles. The molecule has 0 aromatic heterocycles. The van der Waals surface area contributed by atoms with Gasteiger partial charge in [-0.15, -0.1) is 0 Å². The quantitative estimate of drug-likeness (QED) is 0.272. The highest BCUT2D eigenvalue weighted by Gasteiger charge is 2.46. The summed E-state index contributed by atoms with van der Waals surface area (Å²) in [5.74, 6) is 0. The maximum Gasteiger partial charge on any atom is 0.502 e. The van der Waals surface area contributed by atoms with E-state index in [1.165, 1.54) is 0 Å². The summed E-state index contributed by atoms with van der Waals surface area (Å²) in [6.45, 7) is 6.14. The van der Waals surface area contributed by atoms with Crippen LogP contribution in [0.1, 0.15) is 33.1 Å². The summed E-state index contributed by atoms with van der Waals surface area (Å²) < 4.78 is 17.7. The van der Waals surface area contributed by atoms with E-state index in [0.29, 0.717) is 38.8 Å². The van der Waals surface area contributed by atoms with E-state index in [1.807, 2.05) is 13.8 Å². The van der Waals surface area contributed by atoms with Gasteiger partial charge in [-0.3, -0.25) is 0 Å². The second-order valence-corrected chi connectivity index (χ2v) is 7.35. The predicted octanol–water partition coefficient (Wildman–Crippen LogP) is -0.284. The van der Waals surface area contributed by atoms with E-state index < -0.39 is 14.5 Å². The van der Waals surface area contributed by atoms with Gasteiger partial charge in [-0.05, 0) is 46.2 Å². The highest BCUT2D eigenvalue weighted by atomic mass is 28.4. The third kappa shape index (κ3) is 7.09. The molecular formula is C12H32N4O3Si. The lowest BCUT2D eigenvalue weighted by Crippen LogP contribution is -2.60. The van der Waals surface area contributed by atoms with Crippen molar-refractivity contribution in [2.45, 2.75) is 44.9 Å². The molecule has 0 aliphatic rings. The Hall–Kier alpha value is -0.0631. The average molecular weight is 308 g/mol. The van der Waals surface area contributed by atoms with Crippen LogP contribution in [0.25, 0.3) is 0 Å². The molecule has 0 rings (SSSR count). The molecule has 0 saturated carbocycles. The van der Waals surface area contributed by atoms with E-state index >= 15 is 0 Å². The van der Waals surface area contributed by atoms with Crippen molar-refractivity contribution in [2.24, 2.45) is 22.9 Å². The maximum absolute atomic E-state index is 6.24. The summed E-state index contributed by atoms with van der Waals surface area (Å²) in [6.07, 6.45) is 2.09. The fourth-order valence-electron chi connectivity index (χ4n) is 1.96. The van der Waals surface area contributed by atoms with Crippen LogP contribution < -0.4 is 22.9 Å². The van der Waals surface area contributed by atoms with E-state index in [2.05, 4.69) is 0 Å². The van der Waals surface area contributed by atoms with Gasteiger partial charge < -0.3 is 36.2 Å². The number of hydrogen-bond donors (Lipinski definition) is 4. The van der Waals surface area contributed by atoms with Crippen LogP contribution in [0.3, 0.4) is 0 Å². The van der Waals surface area contributed by atoms with Gasteiger partial charge in [0, 0.05) is 25.8 Å². The van der Waals surface area contributed by atoms with Crippen molar-refractivity contribution in [1.29, 1.82) is 0 Å². The molecule has 0 bridgehead atoms. The molecule has 8 heteroatoms. The van der Waals surface area contributed by atoms with E-state index in [4.69, 9.17) is 36.2 Å². The fourth-order valence-corrected chi connectivity index (χ4v) is 4.87. The zero-order valence-electron chi connectivity index (χ0n) is 12.9. The van der Waals surface area contributed by atoms with Gasteiger partial charge in [-0.25, -0.2) is 0 Å². The van der Waals surface area contributed by atoms with Crippen LogP contribution in [0, 0.1) is 0 Å². The fraction of sp³-hybridized carbons (Fsp3) is 1.00. The minimum absolute atomic E-state index is 0.199. The van der Waals surface area contributed by atoms with Gasteiger partial charge in [0.05, 0.1) is 0 Å². The summed E-state index contributed by atoms with van der Waals surface area (Å²) in [4.78, 5) is 0. The first-order valence-corrected chi connectivity index (χ1v) is 9.31. The Morgan fingerprint density at radius 1 is 0.950 bits per heavy atom. The van der Waals surface area contributed by atoms with Crippen molar-refractivity contribution < 1.29 is 13.3 Å². The molecule has 0 fully saturated rings. The zero-order chi connectivity index (χ0) is 15.5. The molecule has 0 aliphatic heterocycles. The largest absolute Gasteiger partial charge is 0.502 e. The molecule has 8 N–H and O–H groups in total. The normalized spacial score (nSPS) is 15.3. The summed E-state index contributed by atoms with van der Waals surface area (Å²) in [6, 6.07) is 0.646. The van der Waals surface area contributed by atoms with E-state index in [1.54, 1.807) is 0 Å². The first kappa shape index (κ1) is 19.9. The van der Waals surface area contributed by atoms with Gasteiger partial charge in [0.15, 0.2) is 0 Å². The van der Waals surface area contributed by atoms with Gasteiger partial charge >= 0.3 is 8.80 Å². The number of hydrogen-bond acceptors (Lipinski definition) is 7. The van der Waals surface area contributed by atoms with Crippen molar-refractivity contribution in [3.8, 4) is 0 Å². The van der Waals surface area contributed by atoms with Gasteiger partial charge in [-0.1, -0.05) is 0 Å². The molecule has 0 amide bonds. The monoisotopic (exact) mass is 308 g/mol. The SMILES string of the molecule is CCO[Si](CCCN)(OCC)OC(N)(CN)CCCN. The lowest BCUT2D eigenvalue weighted by molar-refractivity contribution is -0.0276. The average Bonchev–Trinajstić information content (AvgIpc) is 2.43. The van der Waals surface area contributed by atoms with Crippen LogP contribution in [0.15, 0.2) is 0 Å².